The lowest BCUT2D eigenvalue weighted by Gasteiger charge is -2.43. The van der Waals surface area contributed by atoms with Crippen molar-refractivity contribution in [3.8, 4) is 11.8 Å². The third-order valence-electron chi connectivity index (χ3n) is 6.20. The van der Waals surface area contributed by atoms with Crippen LogP contribution in [0.4, 0.5) is 0 Å². The smallest absolute Gasteiger partial charge is 0.261 e. The number of hydrogen-bond donors (Lipinski definition) is 0. The molecule has 0 N–H and O–H groups in total. The van der Waals surface area contributed by atoms with E-state index in [0.717, 1.165) is 0 Å². The number of nitrogens with zero attached hydrogens (tertiary/aromatic N) is 2. The van der Waals surface area contributed by atoms with E-state index in [0.29, 0.717) is 32.1 Å². The third kappa shape index (κ3) is 4.68. The maximum atomic E-state index is 9.54. The largest absolute Gasteiger partial charge is 0.403 e. The van der Waals surface area contributed by atoms with Crippen LogP contribution in [0.5, 0.6) is 0 Å². The predicted octanol–water partition coefficient (Wildman–Crippen LogP) is 7.39. The summed E-state index contributed by atoms with van der Waals surface area (Å²) >= 11 is 19.9. The van der Waals surface area contributed by atoms with Crippen molar-refractivity contribution in [3.05, 3.63) is 111 Å². The molecule has 0 saturated heterocycles. The van der Waals surface area contributed by atoms with Crippen LogP contribution in [0.15, 0.2) is 84.9 Å². The zero-order valence-electron chi connectivity index (χ0n) is 19.7. The highest BCUT2D eigenvalue weighted by Gasteiger charge is 2.50. The van der Waals surface area contributed by atoms with Gasteiger partial charge in [0.25, 0.3) is 8.32 Å². The normalized spacial score (nSPS) is 11.9. The summed E-state index contributed by atoms with van der Waals surface area (Å²) in [7, 11) is -2.79. The van der Waals surface area contributed by atoms with E-state index >= 15 is 0 Å². The molecular formula is C28H25Cl3N2OSi. The molecule has 0 aliphatic heterocycles. The maximum absolute atomic E-state index is 9.54. The van der Waals surface area contributed by atoms with Gasteiger partial charge in [-0.1, -0.05) is 116 Å². The van der Waals surface area contributed by atoms with Crippen LogP contribution in [0, 0.1) is 11.3 Å². The van der Waals surface area contributed by atoms with Crippen LogP contribution in [-0.4, -0.2) is 12.9 Å². The molecule has 4 rings (SSSR count). The lowest BCUT2D eigenvalue weighted by molar-refractivity contribution is 0.286. The number of rotatable bonds is 6. The van der Waals surface area contributed by atoms with Crippen molar-refractivity contribution in [3.63, 3.8) is 0 Å². The second-order valence-electron chi connectivity index (χ2n) is 9.30. The van der Waals surface area contributed by atoms with E-state index in [9.17, 15) is 5.26 Å². The highest BCUT2D eigenvalue weighted by Crippen LogP contribution is 2.39. The molecule has 35 heavy (non-hydrogen) atoms. The lowest BCUT2D eigenvalue weighted by atomic mass is 10.2. The number of halogens is 3. The van der Waals surface area contributed by atoms with Crippen LogP contribution in [0.25, 0.3) is 5.69 Å². The van der Waals surface area contributed by atoms with Gasteiger partial charge in [0, 0.05) is 10.6 Å². The fraction of sp³-hybridized carbons (Fsp3) is 0.179. The Morgan fingerprint density at radius 3 is 1.91 bits per heavy atom. The van der Waals surface area contributed by atoms with Crippen molar-refractivity contribution in [2.24, 2.45) is 0 Å². The van der Waals surface area contributed by atoms with Gasteiger partial charge in [0.05, 0.1) is 17.3 Å². The summed E-state index contributed by atoms with van der Waals surface area (Å²) in [5.41, 5.74) is 1.63. The number of hydrogen-bond acceptors (Lipinski definition) is 2. The molecule has 1 heterocycles. The molecule has 0 atom stereocenters. The molecule has 0 unspecified atom stereocenters. The van der Waals surface area contributed by atoms with E-state index in [1.54, 1.807) is 28.8 Å². The predicted molar refractivity (Wildman–Crippen MR) is 148 cm³/mol. The lowest BCUT2D eigenvalue weighted by Crippen LogP contribution is -2.66. The quantitative estimate of drug-likeness (QED) is 0.240. The van der Waals surface area contributed by atoms with Crippen molar-refractivity contribution >= 4 is 53.5 Å². The number of nitriles is 1. The van der Waals surface area contributed by atoms with Crippen LogP contribution in [-0.2, 0) is 11.0 Å². The van der Waals surface area contributed by atoms with Gasteiger partial charge in [0.15, 0.2) is 0 Å². The Hall–Kier alpha value is -2.52. The first-order chi connectivity index (χ1) is 16.7. The van der Waals surface area contributed by atoms with Gasteiger partial charge in [-0.3, -0.25) is 4.57 Å². The van der Waals surface area contributed by atoms with Gasteiger partial charge in [-0.25, -0.2) is 0 Å². The van der Waals surface area contributed by atoms with Gasteiger partial charge in [-0.05, 0) is 39.7 Å². The van der Waals surface area contributed by atoms with Crippen molar-refractivity contribution in [1.82, 2.24) is 4.57 Å². The Balaban J connectivity index is 1.85. The van der Waals surface area contributed by atoms with Crippen molar-refractivity contribution in [2.45, 2.75) is 32.4 Å². The average molecular weight is 540 g/mol. The molecule has 0 aliphatic rings. The summed E-state index contributed by atoms with van der Waals surface area (Å²) in [6, 6.07) is 29.8. The van der Waals surface area contributed by atoms with Crippen LogP contribution in [0.2, 0.25) is 20.2 Å². The zero-order valence-corrected chi connectivity index (χ0v) is 23.0. The first kappa shape index (κ1) is 25.6. The second kappa shape index (κ2) is 10.2. The summed E-state index contributed by atoms with van der Waals surface area (Å²) in [5.74, 6) is 0. The fourth-order valence-electron chi connectivity index (χ4n) is 4.58. The van der Waals surface area contributed by atoms with Crippen LogP contribution >= 0.6 is 34.8 Å². The van der Waals surface area contributed by atoms with Gasteiger partial charge < -0.3 is 4.43 Å². The summed E-state index contributed by atoms with van der Waals surface area (Å²) in [6.07, 6.45) is 0. The monoisotopic (exact) mass is 538 g/mol. The van der Waals surface area contributed by atoms with E-state index in [4.69, 9.17) is 39.2 Å². The van der Waals surface area contributed by atoms with Crippen LogP contribution < -0.4 is 10.4 Å². The molecule has 4 aromatic rings. The van der Waals surface area contributed by atoms with Gasteiger partial charge >= 0.3 is 0 Å². The highest BCUT2D eigenvalue weighted by atomic mass is 35.5. The van der Waals surface area contributed by atoms with Crippen molar-refractivity contribution < 1.29 is 4.43 Å². The molecule has 0 bridgehead atoms. The first-order valence-corrected chi connectivity index (χ1v) is 14.2. The van der Waals surface area contributed by atoms with Crippen molar-refractivity contribution in [1.29, 1.82) is 5.26 Å². The summed E-state index contributed by atoms with van der Waals surface area (Å²) < 4.78 is 8.65. The Kier molecular flexibility index (Phi) is 7.47. The average Bonchev–Trinajstić information content (AvgIpc) is 3.22. The minimum atomic E-state index is -2.79. The summed E-state index contributed by atoms with van der Waals surface area (Å²) in [5, 5.41) is 13.0. The minimum Gasteiger partial charge on any atom is -0.403 e. The first-order valence-electron chi connectivity index (χ1n) is 11.2. The van der Waals surface area contributed by atoms with Gasteiger partial charge in [-0.15, -0.1) is 0 Å². The molecule has 178 valence electrons. The highest BCUT2D eigenvalue weighted by molar-refractivity contribution is 6.99. The molecule has 3 aromatic carbocycles. The van der Waals surface area contributed by atoms with Gasteiger partial charge in [0.2, 0.25) is 0 Å². The van der Waals surface area contributed by atoms with Gasteiger partial charge in [-0.2, -0.15) is 5.26 Å². The molecule has 0 amide bonds. The zero-order chi connectivity index (χ0) is 25.2. The fourth-order valence-corrected chi connectivity index (χ4v) is 9.90. The molecule has 0 radical (unpaired) electrons. The van der Waals surface area contributed by atoms with E-state index in [1.165, 1.54) is 10.4 Å². The van der Waals surface area contributed by atoms with Crippen LogP contribution in [0.1, 0.15) is 32.0 Å². The minimum absolute atomic E-state index is 0.190. The Bertz CT molecular complexity index is 1330. The molecule has 3 nitrogen and oxygen atoms in total. The molecule has 7 heteroatoms. The molecule has 0 saturated carbocycles. The van der Waals surface area contributed by atoms with Crippen molar-refractivity contribution in [2.75, 3.05) is 0 Å². The number of benzene rings is 3. The molecule has 1 aromatic heterocycles. The summed E-state index contributed by atoms with van der Waals surface area (Å²) in [4.78, 5) is 0. The maximum Gasteiger partial charge on any atom is 0.261 e. The summed E-state index contributed by atoms with van der Waals surface area (Å²) in [6.45, 7) is 6.87. The SMILES string of the molecule is CC(C)(C)[Si](OCc1c(Cl)ccc(-n2c(Cl)ccc2C#N)c1Cl)(c1ccccc1)c1ccccc1. The number of aromatic nitrogens is 1. The van der Waals surface area contributed by atoms with Gasteiger partial charge in [0.1, 0.15) is 16.9 Å². The Morgan fingerprint density at radius 1 is 0.829 bits per heavy atom. The van der Waals surface area contributed by atoms with E-state index in [1.807, 2.05) is 36.4 Å². The van der Waals surface area contributed by atoms with Crippen LogP contribution in [0.3, 0.4) is 0 Å². The van der Waals surface area contributed by atoms with E-state index < -0.39 is 8.32 Å². The van der Waals surface area contributed by atoms with E-state index in [-0.39, 0.29) is 11.6 Å². The molecule has 0 fully saturated rings. The molecule has 0 spiro atoms. The standard InChI is InChI=1S/C28H25Cl3N2OSi/c1-28(2,3)35(21-10-6-4-7-11-21,22-12-8-5-9-13-22)34-19-23-24(29)15-16-25(27(23)31)33-20(18-32)14-17-26(33)30/h4-17H,19H2,1-3H3. The Morgan fingerprint density at radius 2 is 1.40 bits per heavy atom. The topological polar surface area (TPSA) is 38.0 Å². The molecular weight excluding hydrogens is 515 g/mol. The molecule has 0 aliphatic carbocycles. The second-order valence-corrected chi connectivity index (χ2v) is 14.8. The van der Waals surface area contributed by atoms with E-state index in [2.05, 4.69) is 51.1 Å². The third-order valence-corrected chi connectivity index (χ3v) is 12.3. The Labute approximate surface area is 222 Å².